The maximum Gasteiger partial charge on any atom is 0.256 e. The van der Waals surface area contributed by atoms with Crippen LogP contribution in [0.2, 0.25) is 0 Å². The lowest BCUT2D eigenvalue weighted by Gasteiger charge is -2.33. The van der Waals surface area contributed by atoms with E-state index in [9.17, 15) is 4.79 Å². The van der Waals surface area contributed by atoms with Crippen LogP contribution in [0, 0.1) is 12.8 Å². The van der Waals surface area contributed by atoms with E-state index in [2.05, 4.69) is 66.4 Å². The first-order valence-electron chi connectivity index (χ1n) is 14.9. The van der Waals surface area contributed by atoms with Crippen LogP contribution in [0.25, 0.3) is 11.0 Å². The highest BCUT2D eigenvalue weighted by molar-refractivity contribution is 6.04. The summed E-state index contributed by atoms with van der Waals surface area (Å²) < 4.78 is 0. The van der Waals surface area contributed by atoms with E-state index >= 15 is 0 Å². The molecule has 0 spiro atoms. The molecule has 2 fully saturated rings. The molecular weight excluding hydrogens is 528 g/mol. The molecule has 2 aliphatic heterocycles. The molecular formula is C31H40N10O. The van der Waals surface area contributed by atoms with Gasteiger partial charge in [0.05, 0.1) is 11.9 Å². The van der Waals surface area contributed by atoms with Gasteiger partial charge in [0, 0.05) is 42.4 Å². The Morgan fingerprint density at radius 1 is 1.05 bits per heavy atom. The Hall–Kier alpha value is -4.12. The summed E-state index contributed by atoms with van der Waals surface area (Å²) in [5, 5.41) is 13.6. The standard InChI is InChI=1S/C31H40N10O/c1-20-7-8-22(29(42)36-26-16-25(38-39-26)31(2,3)4)15-23(20)35-28-27-24(33-19-34-28)17-32-30(37-27)41-13-9-21(10-14-41)18-40-11-5-6-12-40/h7-8,15-17,19,21H,5-6,9-14,18H2,1-4H3,(H,33,34,35)(H2,36,38,39,42). The second-order valence-electron chi connectivity index (χ2n) is 12.6. The minimum absolute atomic E-state index is 0.117. The molecule has 220 valence electrons. The summed E-state index contributed by atoms with van der Waals surface area (Å²) >= 11 is 0. The van der Waals surface area contributed by atoms with Gasteiger partial charge in [0.15, 0.2) is 5.82 Å². The average Bonchev–Trinajstić information content (AvgIpc) is 3.67. The molecule has 3 N–H and O–H groups in total. The summed E-state index contributed by atoms with van der Waals surface area (Å²) in [5.74, 6) is 2.36. The van der Waals surface area contributed by atoms with Crippen molar-refractivity contribution in [2.45, 2.75) is 58.8 Å². The number of hydrogen-bond acceptors (Lipinski definition) is 9. The highest BCUT2D eigenvalue weighted by Gasteiger charge is 2.25. The van der Waals surface area contributed by atoms with Gasteiger partial charge in [-0.05, 0) is 69.3 Å². The van der Waals surface area contributed by atoms with Gasteiger partial charge < -0.3 is 20.4 Å². The van der Waals surface area contributed by atoms with Crippen LogP contribution in [0.4, 0.5) is 23.3 Å². The summed E-state index contributed by atoms with van der Waals surface area (Å²) in [6, 6.07) is 7.42. The number of rotatable bonds is 7. The van der Waals surface area contributed by atoms with E-state index in [1.54, 1.807) is 6.20 Å². The predicted octanol–water partition coefficient (Wildman–Crippen LogP) is 5.06. The number of aromatic nitrogens is 6. The second-order valence-corrected chi connectivity index (χ2v) is 12.6. The van der Waals surface area contributed by atoms with Crippen molar-refractivity contribution in [3.05, 3.63) is 53.6 Å². The number of aromatic amines is 1. The number of aryl methyl sites for hydroxylation is 1. The molecule has 3 aromatic heterocycles. The number of amides is 1. The van der Waals surface area contributed by atoms with Crippen LogP contribution >= 0.6 is 0 Å². The van der Waals surface area contributed by atoms with Crippen molar-refractivity contribution < 1.29 is 4.79 Å². The Kier molecular flexibility index (Phi) is 7.76. The summed E-state index contributed by atoms with van der Waals surface area (Å²) in [5.41, 5.74) is 4.35. The first kappa shape index (κ1) is 28.0. The summed E-state index contributed by atoms with van der Waals surface area (Å²) in [6.07, 6.45) is 8.25. The van der Waals surface area contributed by atoms with Gasteiger partial charge in [0.1, 0.15) is 23.2 Å². The minimum atomic E-state index is -0.229. The molecule has 2 aliphatic rings. The van der Waals surface area contributed by atoms with Crippen molar-refractivity contribution in [3.8, 4) is 0 Å². The van der Waals surface area contributed by atoms with Crippen molar-refractivity contribution in [2.24, 2.45) is 5.92 Å². The third-order valence-corrected chi connectivity index (χ3v) is 8.32. The van der Waals surface area contributed by atoms with Crippen molar-refractivity contribution in [2.75, 3.05) is 48.3 Å². The number of likely N-dealkylation sites (tertiary alicyclic amines) is 1. The second kappa shape index (κ2) is 11.6. The third-order valence-electron chi connectivity index (χ3n) is 8.32. The topological polar surface area (TPSA) is 128 Å². The van der Waals surface area contributed by atoms with Crippen molar-refractivity contribution >= 4 is 40.2 Å². The summed E-state index contributed by atoms with van der Waals surface area (Å²) in [6.45, 7) is 13.8. The maximum atomic E-state index is 13.1. The number of fused-ring (bicyclic) bond motifs is 1. The lowest BCUT2D eigenvalue weighted by molar-refractivity contribution is 0.102. The lowest BCUT2D eigenvalue weighted by Crippen LogP contribution is -2.38. The van der Waals surface area contributed by atoms with Crippen LogP contribution in [0.15, 0.2) is 36.8 Å². The van der Waals surface area contributed by atoms with Crippen LogP contribution in [-0.2, 0) is 5.41 Å². The number of hydrogen-bond donors (Lipinski definition) is 3. The molecule has 4 aromatic rings. The molecule has 5 heterocycles. The summed E-state index contributed by atoms with van der Waals surface area (Å²) in [4.78, 5) is 36.5. The van der Waals surface area contributed by atoms with Crippen molar-refractivity contribution in [1.29, 1.82) is 0 Å². The quantitative estimate of drug-likeness (QED) is 0.280. The molecule has 0 saturated carbocycles. The Labute approximate surface area is 246 Å². The van der Waals surface area contributed by atoms with E-state index < -0.39 is 0 Å². The zero-order valence-electron chi connectivity index (χ0n) is 24.9. The largest absolute Gasteiger partial charge is 0.341 e. The van der Waals surface area contributed by atoms with Gasteiger partial charge in [-0.2, -0.15) is 5.10 Å². The van der Waals surface area contributed by atoms with Crippen LogP contribution < -0.4 is 15.5 Å². The Bertz CT molecular complexity index is 1560. The van der Waals surface area contributed by atoms with Crippen LogP contribution in [0.1, 0.15) is 68.1 Å². The molecule has 2 saturated heterocycles. The van der Waals surface area contributed by atoms with E-state index in [1.165, 1.54) is 38.8 Å². The average molecular weight is 569 g/mol. The molecule has 1 aromatic carbocycles. The molecule has 0 aliphatic carbocycles. The van der Waals surface area contributed by atoms with Gasteiger partial charge in [0.2, 0.25) is 5.95 Å². The van der Waals surface area contributed by atoms with Crippen LogP contribution in [-0.4, -0.2) is 73.7 Å². The number of carbonyl (C=O) groups is 1. The maximum absolute atomic E-state index is 13.1. The Balaban J connectivity index is 1.17. The SMILES string of the molecule is Cc1ccc(C(=O)Nc2cc(C(C)(C)C)n[nH]2)cc1Nc1ncnc2cnc(N3CCC(CN4CCCC4)CC3)nc12. The molecule has 42 heavy (non-hydrogen) atoms. The highest BCUT2D eigenvalue weighted by Crippen LogP contribution is 2.28. The normalized spacial score (nSPS) is 16.7. The number of piperidine rings is 1. The predicted molar refractivity (Wildman–Crippen MR) is 165 cm³/mol. The van der Waals surface area contributed by atoms with E-state index in [0.717, 1.165) is 48.8 Å². The number of nitrogens with one attached hydrogen (secondary N) is 3. The van der Waals surface area contributed by atoms with E-state index in [1.807, 2.05) is 31.2 Å². The molecule has 6 rings (SSSR count). The zero-order chi connectivity index (χ0) is 29.3. The Morgan fingerprint density at radius 3 is 2.57 bits per heavy atom. The number of carbonyl (C=O) groups excluding carboxylic acids is 1. The minimum Gasteiger partial charge on any atom is -0.341 e. The molecule has 0 radical (unpaired) electrons. The van der Waals surface area contributed by atoms with Crippen molar-refractivity contribution in [1.82, 2.24) is 35.0 Å². The van der Waals surface area contributed by atoms with Crippen LogP contribution in [0.5, 0.6) is 0 Å². The smallest absolute Gasteiger partial charge is 0.256 e. The van der Waals surface area contributed by atoms with Gasteiger partial charge in [-0.1, -0.05) is 26.8 Å². The third kappa shape index (κ3) is 6.20. The molecule has 1 amide bonds. The van der Waals surface area contributed by atoms with Crippen LogP contribution in [0.3, 0.4) is 0 Å². The fraction of sp³-hybridized carbons (Fsp3) is 0.484. The van der Waals surface area contributed by atoms with Gasteiger partial charge in [-0.3, -0.25) is 9.89 Å². The summed E-state index contributed by atoms with van der Waals surface area (Å²) in [7, 11) is 0. The highest BCUT2D eigenvalue weighted by atomic mass is 16.1. The zero-order valence-corrected chi connectivity index (χ0v) is 24.9. The van der Waals surface area contributed by atoms with Gasteiger partial charge in [-0.25, -0.2) is 19.9 Å². The van der Waals surface area contributed by atoms with Gasteiger partial charge in [0.25, 0.3) is 5.91 Å². The van der Waals surface area contributed by atoms with Crippen molar-refractivity contribution in [3.63, 3.8) is 0 Å². The molecule has 0 atom stereocenters. The molecule has 11 nitrogen and oxygen atoms in total. The Morgan fingerprint density at radius 2 is 1.83 bits per heavy atom. The monoisotopic (exact) mass is 568 g/mol. The van der Waals surface area contributed by atoms with Gasteiger partial charge in [-0.15, -0.1) is 0 Å². The number of nitrogens with zero attached hydrogens (tertiary/aromatic N) is 7. The first-order valence-corrected chi connectivity index (χ1v) is 14.9. The van der Waals surface area contributed by atoms with E-state index in [-0.39, 0.29) is 11.3 Å². The molecule has 0 unspecified atom stereocenters. The molecule has 11 heteroatoms. The van der Waals surface area contributed by atoms with Gasteiger partial charge >= 0.3 is 0 Å². The number of anilines is 4. The molecule has 0 bridgehead atoms. The number of H-pyrrole nitrogens is 1. The fourth-order valence-electron chi connectivity index (χ4n) is 5.72. The number of benzene rings is 1. The van der Waals surface area contributed by atoms with E-state index in [4.69, 9.17) is 4.98 Å². The fourth-order valence-corrected chi connectivity index (χ4v) is 5.72. The lowest BCUT2D eigenvalue weighted by atomic mass is 9.92. The van der Waals surface area contributed by atoms with E-state index in [0.29, 0.717) is 34.2 Å². The first-order chi connectivity index (χ1) is 20.2.